The maximum absolute atomic E-state index is 14.9. The molecule has 1 aromatic carbocycles. The van der Waals surface area contributed by atoms with Gasteiger partial charge in [-0.25, -0.2) is 9.97 Å². The smallest absolute Gasteiger partial charge is 0.263 e. The highest BCUT2D eigenvalue weighted by atomic mass is 35.5. The van der Waals surface area contributed by atoms with Crippen molar-refractivity contribution in [2.75, 3.05) is 26.2 Å². The molecular weight excluding hydrogens is 694 g/mol. The minimum Gasteiger partial charge on any atom is -0.442 e. The number of ketones is 2. The van der Waals surface area contributed by atoms with Crippen LogP contribution in [-0.2, 0) is 22.4 Å². The van der Waals surface area contributed by atoms with E-state index in [-0.39, 0.29) is 59.3 Å². The van der Waals surface area contributed by atoms with E-state index in [1.807, 2.05) is 53.1 Å². The lowest BCUT2D eigenvalue weighted by atomic mass is 9.54. The van der Waals surface area contributed by atoms with Gasteiger partial charge in [-0.3, -0.25) is 24.2 Å². The van der Waals surface area contributed by atoms with E-state index in [2.05, 4.69) is 15.0 Å². The van der Waals surface area contributed by atoms with Crippen molar-refractivity contribution in [3.63, 3.8) is 0 Å². The standard InChI is InChI=1S/C41H48ClN5O6/c1-2-41(38(51)40-45-21-27-53-40,32-17-24-47(25-18-32)36(49)13-7-29-5-9-33(42)10-6-29)34(11-12-35(48)39-44-20-26-52-39)31-15-22-46(23-16-31)37(50)14-8-30-4-3-19-43-28-30/h3-6,9-10,19-21,26-28,31-32,34H,2,7-8,11-18,22-25H2,1H3. The normalized spacial score (nSPS) is 17.3. The summed E-state index contributed by atoms with van der Waals surface area (Å²) in [5, 5.41) is 0.664. The molecule has 0 bridgehead atoms. The van der Waals surface area contributed by atoms with Gasteiger partial charge in [-0.2, -0.15) is 0 Å². The Kier molecular flexibility index (Phi) is 12.9. The van der Waals surface area contributed by atoms with Crippen LogP contribution >= 0.6 is 11.6 Å². The number of carbonyl (C=O) groups is 4. The van der Waals surface area contributed by atoms with Crippen LogP contribution in [0.25, 0.3) is 0 Å². The van der Waals surface area contributed by atoms with Gasteiger partial charge in [-0.05, 0) is 98.4 Å². The predicted octanol–water partition coefficient (Wildman–Crippen LogP) is 7.31. The molecule has 0 radical (unpaired) electrons. The monoisotopic (exact) mass is 741 g/mol. The average molecular weight is 742 g/mol. The Morgan fingerprint density at radius 1 is 0.792 bits per heavy atom. The van der Waals surface area contributed by atoms with Crippen molar-refractivity contribution in [1.29, 1.82) is 0 Å². The first-order chi connectivity index (χ1) is 25.8. The Labute approximate surface area is 315 Å². The molecule has 2 aliphatic rings. The molecule has 2 saturated heterocycles. The number of aryl methyl sites for hydroxylation is 2. The molecule has 2 fully saturated rings. The summed E-state index contributed by atoms with van der Waals surface area (Å²) in [6.45, 7) is 4.28. The van der Waals surface area contributed by atoms with Crippen molar-refractivity contribution in [2.24, 2.45) is 23.2 Å². The number of hydrogen-bond donors (Lipinski definition) is 0. The van der Waals surface area contributed by atoms with Crippen LogP contribution in [0.1, 0.15) is 97.2 Å². The fourth-order valence-corrected chi connectivity index (χ4v) is 8.91. The van der Waals surface area contributed by atoms with E-state index < -0.39 is 5.41 Å². The topological polar surface area (TPSA) is 140 Å². The number of carbonyl (C=O) groups excluding carboxylic acids is 4. The molecule has 2 unspecified atom stereocenters. The number of halogens is 1. The summed E-state index contributed by atoms with van der Waals surface area (Å²) in [4.78, 5) is 71.3. The Bertz CT molecular complexity index is 1780. The van der Waals surface area contributed by atoms with E-state index in [4.69, 9.17) is 20.4 Å². The van der Waals surface area contributed by atoms with Gasteiger partial charge in [0.2, 0.25) is 23.4 Å². The van der Waals surface area contributed by atoms with Gasteiger partial charge in [0.05, 0.1) is 12.4 Å². The molecule has 53 heavy (non-hydrogen) atoms. The number of benzene rings is 1. The van der Waals surface area contributed by atoms with Crippen LogP contribution in [0.4, 0.5) is 0 Å². The van der Waals surface area contributed by atoms with Crippen LogP contribution in [0.15, 0.2) is 82.5 Å². The van der Waals surface area contributed by atoms with Crippen molar-refractivity contribution in [1.82, 2.24) is 24.8 Å². The molecule has 0 N–H and O–H groups in total. The van der Waals surface area contributed by atoms with E-state index in [9.17, 15) is 19.2 Å². The second-order valence-electron chi connectivity index (χ2n) is 14.3. The van der Waals surface area contributed by atoms with Gasteiger partial charge in [-0.15, -0.1) is 0 Å². The first-order valence-electron chi connectivity index (χ1n) is 18.8. The van der Waals surface area contributed by atoms with Crippen LogP contribution in [0.5, 0.6) is 0 Å². The number of oxazole rings is 2. The van der Waals surface area contributed by atoms with E-state index in [1.54, 1.807) is 12.4 Å². The van der Waals surface area contributed by atoms with Crippen molar-refractivity contribution in [3.8, 4) is 0 Å². The maximum atomic E-state index is 14.9. The number of piperidine rings is 2. The van der Waals surface area contributed by atoms with Crippen molar-refractivity contribution < 1.29 is 28.0 Å². The quantitative estimate of drug-likeness (QED) is 0.108. The van der Waals surface area contributed by atoms with Crippen molar-refractivity contribution in [2.45, 2.75) is 77.6 Å². The van der Waals surface area contributed by atoms with Crippen LogP contribution in [-0.4, -0.2) is 74.3 Å². The molecule has 3 aromatic heterocycles. The predicted molar refractivity (Wildman–Crippen MR) is 198 cm³/mol. The number of hydrogen-bond acceptors (Lipinski definition) is 9. The number of pyridine rings is 1. The molecular formula is C41H48ClN5O6. The summed E-state index contributed by atoms with van der Waals surface area (Å²) in [5.41, 5.74) is 1.18. The average Bonchev–Trinajstić information content (AvgIpc) is 3.95. The molecule has 5 heterocycles. The fourth-order valence-electron chi connectivity index (χ4n) is 8.78. The Morgan fingerprint density at radius 2 is 1.40 bits per heavy atom. The summed E-state index contributed by atoms with van der Waals surface area (Å²) in [6.07, 6.45) is 15.2. The fraction of sp³-hybridized carbons (Fsp3) is 0.488. The zero-order chi connectivity index (χ0) is 37.2. The third kappa shape index (κ3) is 9.12. The number of likely N-dealkylation sites (tertiary alicyclic amines) is 2. The summed E-state index contributed by atoms with van der Waals surface area (Å²) < 4.78 is 11.0. The first kappa shape index (κ1) is 38.1. The van der Waals surface area contributed by atoms with Gasteiger partial charge in [0.15, 0.2) is 0 Å². The van der Waals surface area contributed by atoms with Gasteiger partial charge in [-0.1, -0.05) is 36.7 Å². The van der Waals surface area contributed by atoms with E-state index in [0.717, 1.165) is 11.1 Å². The number of nitrogens with zero attached hydrogens (tertiary/aromatic N) is 5. The lowest BCUT2D eigenvalue weighted by molar-refractivity contribution is -0.135. The zero-order valence-corrected chi connectivity index (χ0v) is 31.1. The van der Waals surface area contributed by atoms with Crippen molar-refractivity contribution in [3.05, 3.63) is 102 Å². The minimum absolute atomic E-state index is 0.0596. The molecule has 2 amide bonds. The number of aromatic nitrogens is 3. The Hall–Kier alpha value is -4.64. The number of amides is 2. The molecule has 280 valence electrons. The van der Waals surface area contributed by atoms with Gasteiger partial charge in [0.1, 0.15) is 12.5 Å². The highest BCUT2D eigenvalue weighted by Gasteiger charge is 2.54. The largest absolute Gasteiger partial charge is 0.442 e. The van der Waals surface area contributed by atoms with E-state index in [1.165, 1.54) is 24.9 Å². The molecule has 6 rings (SSSR count). The number of rotatable bonds is 16. The van der Waals surface area contributed by atoms with Crippen LogP contribution in [0, 0.1) is 23.2 Å². The highest BCUT2D eigenvalue weighted by molar-refractivity contribution is 6.30. The lowest BCUT2D eigenvalue weighted by Gasteiger charge is -2.51. The molecule has 4 aromatic rings. The van der Waals surface area contributed by atoms with Gasteiger partial charge < -0.3 is 18.6 Å². The summed E-state index contributed by atoms with van der Waals surface area (Å²) >= 11 is 6.04. The second kappa shape index (κ2) is 17.9. The molecule has 0 aliphatic carbocycles. The molecule has 0 spiro atoms. The Morgan fingerprint density at radius 3 is 1.96 bits per heavy atom. The second-order valence-corrected chi connectivity index (χ2v) is 14.8. The maximum Gasteiger partial charge on any atom is 0.263 e. The van der Waals surface area contributed by atoms with Gasteiger partial charge in [0, 0.05) is 68.3 Å². The lowest BCUT2D eigenvalue weighted by Crippen LogP contribution is -2.53. The number of Topliss-reactive ketones (excluding diaryl/α,β-unsaturated/α-hetero) is 2. The molecule has 2 aliphatic heterocycles. The van der Waals surface area contributed by atoms with Crippen LogP contribution < -0.4 is 0 Å². The van der Waals surface area contributed by atoms with E-state index in [0.29, 0.717) is 95.4 Å². The summed E-state index contributed by atoms with van der Waals surface area (Å²) in [7, 11) is 0. The summed E-state index contributed by atoms with van der Waals surface area (Å²) in [6, 6.07) is 11.4. The first-order valence-corrected chi connectivity index (χ1v) is 19.2. The zero-order valence-electron chi connectivity index (χ0n) is 30.3. The molecule has 0 saturated carbocycles. The third-order valence-corrected chi connectivity index (χ3v) is 11.8. The van der Waals surface area contributed by atoms with Crippen LogP contribution in [0.2, 0.25) is 5.02 Å². The van der Waals surface area contributed by atoms with Crippen molar-refractivity contribution >= 4 is 35.0 Å². The third-order valence-electron chi connectivity index (χ3n) is 11.6. The Balaban J connectivity index is 1.21. The molecule has 11 nitrogen and oxygen atoms in total. The van der Waals surface area contributed by atoms with Gasteiger partial charge in [0.25, 0.3) is 11.8 Å². The SMILES string of the molecule is CCC(C(=O)c1ncco1)(C1CCN(C(=O)CCc2ccc(Cl)cc2)CC1)C(CCC(=O)c1ncco1)C1CCN(C(=O)CCc2cccnc2)CC1. The van der Waals surface area contributed by atoms with Gasteiger partial charge >= 0.3 is 0 Å². The van der Waals surface area contributed by atoms with Crippen LogP contribution in [0.3, 0.4) is 0 Å². The summed E-state index contributed by atoms with van der Waals surface area (Å²) in [5.74, 6) is -0.262. The molecule has 12 heteroatoms. The minimum atomic E-state index is -0.905. The highest BCUT2D eigenvalue weighted by Crippen LogP contribution is 2.53. The molecule has 2 atom stereocenters. The van der Waals surface area contributed by atoms with E-state index >= 15 is 0 Å².